The summed E-state index contributed by atoms with van der Waals surface area (Å²) in [5, 5.41) is 9.65. The molecule has 0 atom stereocenters. The van der Waals surface area contributed by atoms with Crippen molar-refractivity contribution in [2.45, 2.75) is 24.4 Å². The van der Waals surface area contributed by atoms with E-state index in [2.05, 4.69) is 49.8 Å². The van der Waals surface area contributed by atoms with Gasteiger partial charge >= 0.3 is 0 Å². The minimum absolute atomic E-state index is 0.300. The van der Waals surface area contributed by atoms with E-state index in [4.69, 9.17) is 0 Å². The maximum Gasteiger partial charge on any atom is 0.266 e. The third-order valence-corrected chi connectivity index (χ3v) is 7.00. The van der Waals surface area contributed by atoms with Crippen LogP contribution >= 0.6 is 27.7 Å². The van der Waals surface area contributed by atoms with Gasteiger partial charge in [-0.1, -0.05) is 52.0 Å². The van der Waals surface area contributed by atoms with Gasteiger partial charge in [-0.3, -0.25) is 9.59 Å². The molecule has 0 radical (unpaired) electrons. The van der Waals surface area contributed by atoms with E-state index < -0.39 is 0 Å². The molecule has 6 nitrogen and oxygen atoms in total. The van der Waals surface area contributed by atoms with Crippen LogP contribution in [0.15, 0.2) is 82.4 Å². The molecular formula is C25H19BrN4O2S. The van der Waals surface area contributed by atoms with Crippen LogP contribution in [0, 0.1) is 0 Å². The second kappa shape index (κ2) is 8.96. The van der Waals surface area contributed by atoms with Gasteiger partial charge in [-0.05, 0) is 61.0 Å². The Balaban J connectivity index is 1.38. The lowest BCUT2D eigenvalue weighted by atomic mass is 10.1. The zero-order chi connectivity index (χ0) is 22.9. The van der Waals surface area contributed by atoms with Crippen LogP contribution in [0.3, 0.4) is 0 Å². The van der Waals surface area contributed by atoms with Gasteiger partial charge in [0.25, 0.3) is 11.8 Å². The van der Waals surface area contributed by atoms with E-state index in [1.165, 1.54) is 10.5 Å². The van der Waals surface area contributed by atoms with Crippen LogP contribution in [0.2, 0.25) is 0 Å². The Bertz CT molecular complexity index is 1330. The predicted octanol–water partition coefficient (Wildman–Crippen LogP) is 5.82. The van der Waals surface area contributed by atoms with Gasteiger partial charge in [-0.15, -0.1) is 10.2 Å². The number of hydrogen-bond donors (Lipinski definition) is 0. The maximum absolute atomic E-state index is 12.7. The Labute approximate surface area is 203 Å². The molecule has 164 valence electrons. The lowest BCUT2D eigenvalue weighted by Gasteiger charge is -2.14. The van der Waals surface area contributed by atoms with Crippen molar-refractivity contribution in [3.05, 3.63) is 94.0 Å². The van der Waals surface area contributed by atoms with E-state index in [9.17, 15) is 9.59 Å². The highest BCUT2D eigenvalue weighted by molar-refractivity contribution is 9.10. The first-order chi connectivity index (χ1) is 16.1. The molecule has 0 unspecified atom stereocenters. The molecule has 1 aliphatic rings. The average molecular weight is 519 g/mol. The van der Waals surface area contributed by atoms with Gasteiger partial charge in [0.05, 0.1) is 16.8 Å². The molecule has 0 fully saturated rings. The molecule has 1 aromatic heterocycles. The van der Waals surface area contributed by atoms with Gasteiger partial charge in [0.15, 0.2) is 11.0 Å². The van der Waals surface area contributed by atoms with Crippen molar-refractivity contribution in [3.8, 4) is 11.4 Å². The highest BCUT2D eigenvalue weighted by atomic mass is 79.9. The third kappa shape index (κ3) is 4.00. The smallest absolute Gasteiger partial charge is 0.266 e. The summed E-state index contributed by atoms with van der Waals surface area (Å²) in [6, 6.07) is 22.4. The number of rotatable bonds is 6. The van der Waals surface area contributed by atoms with Crippen LogP contribution in [0.4, 0.5) is 5.69 Å². The molecule has 3 aromatic carbocycles. The van der Waals surface area contributed by atoms with Gasteiger partial charge in [0.1, 0.15) is 0 Å². The first kappa shape index (κ1) is 21.6. The molecule has 33 heavy (non-hydrogen) atoms. The number of carbonyl (C=O) groups excluding carboxylic acids is 2. The molecule has 0 N–H and O–H groups in total. The van der Waals surface area contributed by atoms with E-state index in [0.717, 1.165) is 33.3 Å². The third-order valence-electron chi connectivity index (χ3n) is 5.47. The summed E-state index contributed by atoms with van der Waals surface area (Å²) < 4.78 is 3.12. The lowest BCUT2D eigenvalue weighted by Crippen LogP contribution is -2.29. The van der Waals surface area contributed by atoms with Crippen molar-refractivity contribution in [1.82, 2.24) is 14.8 Å². The Hall–Kier alpha value is -3.23. The van der Waals surface area contributed by atoms with Crippen LogP contribution < -0.4 is 4.90 Å². The molecule has 5 rings (SSSR count). The number of benzene rings is 3. The molecule has 0 saturated heterocycles. The number of halogens is 1. The standard InChI is InChI=1S/C25H19BrN4O2S/c1-2-29-22(27-28-25(29)33-15-16-6-5-7-18(26)14-16)17-10-12-19(13-11-17)30-23(31)20-8-3-4-9-21(20)24(30)32/h3-14H,2,15H2,1H3. The molecule has 0 spiro atoms. The topological polar surface area (TPSA) is 68.1 Å². The number of imide groups is 1. The van der Waals surface area contributed by atoms with Gasteiger partial charge in [0.2, 0.25) is 0 Å². The van der Waals surface area contributed by atoms with Gasteiger partial charge in [-0.25, -0.2) is 4.90 Å². The molecule has 4 aromatic rings. The Morgan fingerprint density at radius 3 is 2.21 bits per heavy atom. The molecular weight excluding hydrogens is 500 g/mol. The van der Waals surface area contributed by atoms with E-state index >= 15 is 0 Å². The number of amides is 2. The number of aromatic nitrogens is 3. The molecule has 0 aliphatic carbocycles. The lowest BCUT2D eigenvalue weighted by molar-refractivity contribution is 0.0926. The maximum atomic E-state index is 12.7. The summed E-state index contributed by atoms with van der Waals surface area (Å²) in [5.41, 5.74) is 3.48. The predicted molar refractivity (Wildman–Crippen MR) is 132 cm³/mol. The number of carbonyl (C=O) groups is 2. The average Bonchev–Trinajstić information content (AvgIpc) is 3.36. The summed E-state index contributed by atoms with van der Waals surface area (Å²) in [7, 11) is 0. The largest absolute Gasteiger partial charge is 0.302 e. The van der Waals surface area contributed by atoms with Crippen LogP contribution in [-0.2, 0) is 12.3 Å². The number of anilines is 1. The summed E-state index contributed by atoms with van der Waals surface area (Å²) in [5.74, 6) is 0.941. The molecule has 2 amide bonds. The number of thioether (sulfide) groups is 1. The first-order valence-electron chi connectivity index (χ1n) is 10.5. The molecule has 8 heteroatoms. The molecule has 0 saturated carbocycles. The second-order valence-corrected chi connectivity index (χ2v) is 9.37. The number of fused-ring (bicyclic) bond motifs is 1. The minimum Gasteiger partial charge on any atom is -0.302 e. The zero-order valence-electron chi connectivity index (χ0n) is 17.7. The van der Waals surface area contributed by atoms with Crippen molar-refractivity contribution >= 4 is 45.2 Å². The quantitative estimate of drug-likeness (QED) is 0.237. The van der Waals surface area contributed by atoms with Crippen LogP contribution in [0.25, 0.3) is 11.4 Å². The van der Waals surface area contributed by atoms with Crippen molar-refractivity contribution < 1.29 is 9.59 Å². The monoisotopic (exact) mass is 518 g/mol. The minimum atomic E-state index is -0.300. The van der Waals surface area contributed by atoms with Gasteiger partial charge in [0, 0.05) is 22.3 Å². The van der Waals surface area contributed by atoms with E-state index in [1.54, 1.807) is 48.2 Å². The van der Waals surface area contributed by atoms with E-state index in [1.807, 2.05) is 24.3 Å². The van der Waals surface area contributed by atoms with Crippen molar-refractivity contribution in [1.29, 1.82) is 0 Å². The first-order valence-corrected chi connectivity index (χ1v) is 12.2. The van der Waals surface area contributed by atoms with Gasteiger partial charge < -0.3 is 4.57 Å². The van der Waals surface area contributed by atoms with Crippen LogP contribution in [0.5, 0.6) is 0 Å². The number of nitrogens with zero attached hydrogens (tertiary/aromatic N) is 4. The molecule has 0 bridgehead atoms. The van der Waals surface area contributed by atoms with E-state index in [0.29, 0.717) is 16.8 Å². The van der Waals surface area contributed by atoms with Crippen molar-refractivity contribution in [2.75, 3.05) is 4.90 Å². The van der Waals surface area contributed by atoms with Crippen molar-refractivity contribution in [3.63, 3.8) is 0 Å². The fourth-order valence-corrected chi connectivity index (χ4v) is 5.24. The highest BCUT2D eigenvalue weighted by Crippen LogP contribution is 2.31. The normalized spacial score (nSPS) is 13.0. The summed E-state index contributed by atoms with van der Waals surface area (Å²) in [6.07, 6.45) is 0. The molecule has 2 heterocycles. The fourth-order valence-electron chi connectivity index (χ4n) is 3.85. The second-order valence-electron chi connectivity index (χ2n) is 7.51. The number of hydrogen-bond acceptors (Lipinski definition) is 5. The SMILES string of the molecule is CCn1c(SCc2cccc(Br)c2)nnc1-c1ccc(N2C(=O)c3ccccc3C2=O)cc1. The Morgan fingerprint density at radius 2 is 1.58 bits per heavy atom. The van der Waals surface area contributed by atoms with E-state index in [-0.39, 0.29) is 11.8 Å². The Morgan fingerprint density at radius 1 is 0.879 bits per heavy atom. The highest BCUT2D eigenvalue weighted by Gasteiger charge is 2.36. The Kier molecular flexibility index (Phi) is 5.86. The van der Waals surface area contributed by atoms with Crippen LogP contribution in [-0.4, -0.2) is 26.6 Å². The fraction of sp³-hybridized carbons (Fsp3) is 0.120. The van der Waals surface area contributed by atoms with Crippen LogP contribution in [0.1, 0.15) is 33.2 Å². The summed E-state index contributed by atoms with van der Waals surface area (Å²) >= 11 is 5.15. The summed E-state index contributed by atoms with van der Waals surface area (Å²) in [4.78, 5) is 26.7. The molecule has 1 aliphatic heterocycles. The zero-order valence-corrected chi connectivity index (χ0v) is 20.1. The van der Waals surface area contributed by atoms with Gasteiger partial charge in [-0.2, -0.15) is 0 Å². The summed E-state index contributed by atoms with van der Waals surface area (Å²) in [6.45, 7) is 2.78. The van der Waals surface area contributed by atoms with Crippen molar-refractivity contribution in [2.24, 2.45) is 0 Å².